The zero-order valence-corrected chi connectivity index (χ0v) is 11.2. The molecule has 18 heavy (non-hydrogen) atoms. The minimum Gasteiger partial charge on any atom is -0.493 e. The van der Waals surface area contributed by atoms with Gasteiger partial charge < -0.3 is 15.8 Å². The van der Waals surface area contributed by atoms with Crippen molar-refractivity contribution in [2.24, 2.45) is 5.73 Å². The van der Waals surface area contributed by atoms with Crippen LogP contribution in [0.4, 0.5) is 0 Å². The van der Waals surface area contributed by atoms with Crippen molar-refractivity contribution < 1.29 is 9.53 Å². The molecule has 0 fully saturated rings. The van der Waals surface area contributed by atoms with E-state index in [1.807, 2.05) is 32.0 Å². The number of hydrogen-bond acceptors (Lipinski definition) is 3. The fraction of sp³-hybridized carbons (Fsp3) is 0.500. The maximum atomic E-state index is 11.4. The summed E-state index contributed by atoms with van der Waals surface area (Å²) in [6.45, 7) is 5.65. The lowest BCUT2D eigenvalue weighted by molar-refractivity contribution is -0.121. The minimum absolute atomic E-state index is 0.00811. The van der Waals surface area contributed by atoms with Gasteiger partial charge in [-0.15, -0.1) is 0 Å². The number of aryl methyl sites for hydroxylation is 2. The van der Waals surface area contributed by atoms with E-state index < -0.39 is 0 Å². The molecule has 0 aliphatic rings. The standard InChI is InChI=1S/C14H22N2O2/c1-11-4-5-12(2)13(10-11)18-9-6-14(17)16-8-3-7-15/h4-5,10H,3,6-9,15H2,1-2H3,(H,16,17). The Morgan fingerprint density at radius 1 is 1.39 bits per heavy atom. The van der Waals surface area contributed by atoms with E-state index in [2.05, 4.69) is 5.32 Å². The number of rotatable bonds is 7. The van der Waals surface area contributed by atoms with Crippen molar-refractivity contribution in [3.63, 3.8) is 0 Å². The third-order valence-electron chi connectivity index (χ3n) is 2.63. The molecule has 0 unspecified atom stereocenters. The van der Waals surface area contributed by atoms with Crippen LogP contribution in [0.15, 0.2) is 18.2 Å². The number of nitrogens with one attached hydrogen (secondary N) is 1. The molecule has 0 saturated carbocycles. The second-order valence-electron chi connectivity index (χ2n) is 4.36. The van der Waals surface area contributed by atoms with Gasteiger partial charge in [0.25, 0.3) is 0 Å². The Labute approximate surface area is 109 Å². The van der Waals surface area contributed by atoms with E-state index in [0.29, 0.717) is 26.1 Å². The lowest BCUT2D eigenvalue weighted by Gasteiger charge is -2.10. The Morgan fingerprint density at radius 3 is 2.89 bits per heavy atom. The average molecular weight is 250 g/mol. The molecule has 1 rings (SSSR count). The first kappa shape index (κ1) is 14.5. The van der Waals surface area contributed by atoms with Crippen LogP contribution in [0, 0.1) is 13.8 Å². The van der Waals surface area contributed by atoms with Gasteiger partial charge in [0, 0.05) is 6.54 Å². The lowest BCUT2D eigenvalue weighted by Crippen LogP contribution is -2.27. The van der Waals surface area contributed by atoms with Crippen LogP contribution in [0.5, 0.6) is 5.75 Å². The molecule has 0 atom stereocenters. The Balaban J connectivity index is 2.28. The van der Waals surface area contributed by atoms with Crippen molar-refractivity contribution in [2.45, 2.75) is 26.7 Å². The number of carbonyl (C=O) groups is 1. The van der Waals surface area contributed by atoms with Crippen molar-refractivity contribution >= 4 is 5.91 Å². The maximum absolute atomic E-state index is 11.4. The first-order valence-corrected chi connectivity index (χ1v) is 6.30. The van der Waals surface area contributed by atoms with Gasteiger partial charge in [0.05, 0.1) is 13.0 Å². The molecule has 0 radical (unpaired) electrons. The van der Waals surface area contributed by atoms with Crippen LogP contribution < -0.4 is 15.8 Å². The zero-order valence-electron chi connectivity index (χ0n) is 11.2. The molecular weight excluding hydrogens is 228 g/mol. The number of nitrogens with two attached hydrogens (primary N) is 1. The average Bonchev–Trinajstić information content (AvgIpc) is 2.34. The van der Waals surface area contributed by atoms with Gasteiger partial charge in [-0.3, -0.25) is 4.79 Å². The molecule has 100 valence electrons. The Morgan fingerprint density at radius 2 is 2.17 bits per heavy atom. The van der Waals surface area contributed by atoms with Gasteiger partial charge in [-0.1, -0.05) is 12.1 Å². The Kier molecular flexibility index (Phi) is 6.22. The van der Waals surface area contributed by atoms with E-state index in [1.165, 1.54) is 0 Å². The summed E-state index contributed by atoms with van der Waals surface area (Å²) in [5, 5.41) is 2.80. The Hall–Kier alpha value is -1.55. The van der Waals surface area contributed by atoms with Crippen LogP contribution in [-0.4, -0.2) is 25.6 Å². The van der Waals surface area contributed by atoms with Crippen molar-refractivity contribution in [1.82, 2.24) is 5.32 Å². The van der Waals surface area contributed by atoms with Crippen LogP contribution in [0.25, 0.3) is 0 Å². The number of ether oxygens (including phenoxy) is 1. The smallest absolute Gasteiger partial charge is 0.223 e. The third-order valence-corrected chi connectivity index (χ3v) is 2.63. The van der Waals surface area contributed by atoms with E-state index in [0.717, 1.165) is 23.3 Å². The minimum atomic E-state index is 0.00811. The second kappa shape index (κ2) is 7.71. The summed E-state index contributed by atoms with van der Waals surface area (Å²) in [5.41, 5.74) is 7.59. The molecule has 1 amide bonds. The highest BCUT2D eigenvalue weighted by Gasteiger charge is 2.03. The predicted molar refractivity (Wildman–Crippen MR) is 72.7 cm³/mol. The molecule has 0 aromatic heterocycles. The Bertz CT molecular complexity index is 391. The summed E-state index contributed by atoms with van der Waals surface area (Å²) >= 11 is 0. The summed E-state index contributed by atoms with van der Waals surface area (Å²) in [7, 11) is 0. The van der Waals surface area contributed by atoms with Crippen molar-refractivity contribution in [3.05, 3.63) is 29.3 Å². The number of carbonyl (C=O) groups excluding carboxylic acids is 1. The highest BCUT2D eigenvalue weighted by atomic mass is 16.5. The van der Waals surface area contributed by atoms with Gasteiger partial charge in [0.2, 0.25) is 5.91 Å². The van der Waals surface area contributed by atoms with Crippen LogP contribution in [0.3, 0.4) is 0 Å². The highest BCUT2D eigenvalue weighted by molar-refractivity contribution is 5.75. The van der Waals surface area contributed by atoms with E-state index in [1.54, 1.807) is 0 Å². The summed E-state index contributed by atoms with van der Waals surface area (Å²) in [5.74, 6) is 0.860. The summed E-state index contributed by atoms with van der Waals surface area (Å²) in [4.78, 5) is 11.4. The molecule has 1 aromatic rings. The van der Waals surface area contributed by atoms with Crippen molar-refractivity contribution in [3.8, 4) is 5.75 Å². The van der Waals surface area contributed by atoms with Gasteiger partial charge >= 0.3 is 0 Å². The van der Waals surface area contributed by atoms with Crippen molar-refractivity contribution in [1.29, 1.82) is 0 Å². The lowest BCUT2D eigenvalue weighted by atomic mass is 10.1. The largest absolute Gasteiger partial charge is 0.493 e. The summed E-state index contributed by atoms with van der Waals surface area (Å²) in [6, 6.07) is 6.05. The van der Waals surface area contributed by atoms with Gasteiger partial charge in [-0.25, -0.2) is 0 Å². The molecule has 0 aliphatic heterocycles. The maximum Gasteiger partial charge on any atom is 0.223 e. The van der Waals surface area contributed by atoms with Crippen LogP contribution in [0.1, 0.15) is 24.0 Å². The molecule has 0 spiro atoms. The second-order valence-corrected chi connectivity index (χ2v) is 4.36. The topological polar surface area (TPSA) is 64.3 Å². The summed E-state index contributed by atoms with van der Waals surface area (Å²) in [6.07, 6.45) is 1.18. The molecular formula is C14H22N2O2. The first-order valence-electron chi connectivity index (χ1n) is 6.30. The quantitative estimate of drug-likeness (QED) is 0.721. The van der Waals surface area contributed by atoms with Gasteiger partial charge in [0.15, 0.2) is 0 Å². The molecule has 0 aliphatic carbocycles. The monoisotopic (exact) mass is 250 g/mol. The van der Waals surface area contributed by atoms with Gasteiger partial charge in [-0.05, 0) is 44.0 Å². The fourth-order valence-corrected chi connectivity index (χ4v) is 1.53. The van der Waals surface area contributed by atoms with Gasteiger partial charge in [0.1, 0.15) is 5.75 Å². The summed E-state index contributed by atoms with van der Waals surface area (Å²) < 4.78 is 5.61. The van der Waals surface area contributed by atoms with Crippen LogP contribution in [-0.2, 0) is 4.79 Å². The first-order chi connectivity index (χ1) is 8.63. The predicted octanol–water partition coefficient (Wildman–Crippen LogP) is 1.54. The van der Waals surface area contributed by atoms with E-state index >= 15 is 0 Å². The molecule has 3 N–H and O–H groups in total. The molecule has 0 bridgehead atoms. The molecule has 0 saturated heterocycles. The molecule has 1 aromatic carbocycles. The zero-order chi connectivity index (χ0) is 13.4. The highest BCUT2D eigenvalue weighted by Crippen LogP contribution is 2.19. The number of hydrogen-bond donors (Lipinski definition) is 2. The normalized spacial score (nSPS) is 10.2. The van der Waals surface area contributed by atoms with E-state index in [-0.39, 0.29) is 5.91 Å². The fourth-order valence-electron chi connectivity index (χ4n) is 1.53. The van der Waals surface area contributed by atoms with Gasteiger partial charge in [-0.2, -0.15) is 0 Å². The third kappa shape index (κ3) is 5.19. The molecule has 4 heteroatoms. The van der Waals surface area contributed by atoms with E-state index in [9.17, 15) is 4.79 Å². The van der Waals surface area contributed by atoms with E-state index in [4.69, 9.17) is 10.5 Å². The molecule has 0 heterocycles. The van der Waals surface area contributed by atoms with Crippen molar-refractivity contribution in [2.75, 3.05) is 19.7 Å². The SMILES string of the molecule is Cc1ccc(C)c(OCCC(=O)NCCCN)c1. The van der Waals surface area contributed by atoms with Crippen LogP contribution in [0.2, 0.25) is 0 Å². The van der Waals surface area contributed by atoms with Crippen LogP contribution >= 0.6 is 0 Å². The molecule has 4 nitrogen and oxygen atoms in total. The number of benzene rings is 1. The number of amides is 1.